The Bertz CT molecular complexity index is 1180. The van der Waals surface area contributed by atoms with Crippen molar-refractivity contribution in [3.05, 3.63) is 69.5 Å². The van der Waals surface area contributed by atoms with Gasteiger partial charge in [-0.25, -0.2) is 4.79 Å². The molecule has 0 fully saturated rings. The third-order valence-electron chi connectivity index (χ3n) is 4.81. The number of thiocarbonyl (C=S) groups is 1. The molecule has 2 N–H and O–H groups in total. The van der Waals surface area contributed by atoms with Crippen molar-refractivity contribution >= 4 is 61.5 Å². The number of thiophene rings is 1. The average molecular weight is 562 g/mol. The summed E-state index contributed by atoms with van der Waals surface area (Å²) in [5.74, 6) is 0.0564. The minimum absolute atomic E-state index is 0.0699. The van der Waals surface area contributed by atoms with Crippen LogP contribution in [0.5, 0.6) is 5.75 Å². The maximum Gasteiger partial charge on any atom is 0.341 e. The van der Waals surface area contributed by atoms with Crippen LogP contribution in [0.4, 0.5) is 5.00 Å². The van der Waals surface area contributed by atoms with E-state index in [-0.39, 0.29) is 24.2 Å². The standard InChI is InChI=1S/C25H25BrN2O4S2/c1-4-31-24(30)22-19(16-9-11-17(26)12-10-16)14-34-23(22)28-25(33)27-21(29)13-32-20-8-6-5-7-18(20)15(2)3/h5-12,14-15H,4,13H2,1-3H3,(H2,27,28,29,33). The maximum absolute atomic E-state index is 12.7. The first-order chi connectivity index (χ1) is 16.3. The highest BCUT2D eigenvalue weighted by atomic mass is 79.9. The number of halogens is 1. The van der Waals surface area contributed by atoms with Gasteiger partial charge in [-0.1, -0.05) is 60.1 Å². The molecule has 0 bridgehead atoms. The Morgan fingerprint density at radius 3 is 2.50 bits per heavy atom. The highest BCUT2D eigenvalue weighted by Gasteiger charge is 2.22. The summed E-state index contributed by atoms with van der Waals surface area (Å²) in [6.07, 6.45) is 0. The first kappa shape index (κ1) is 25.9. The summed E-state index contributed by atoms with van der Waals surface area (Å²) in [6, 6.07) is 15.2. The second-order valence-electron chi connectivity index (χ2n) is 7.56. The molecule has 0 radical (unpaired) electrons. The molecule has 6 nitrogen and oxygen atoms in total. The number of rotatable bonds is 8. The zero-order valence-electron chi connectivity index (χ0n) is 19.0. The highest BCUT2D eigenvalue weighted by molar-refractivity contribution is 9.10. The van der Waals surface area contributed by atoms with Gasteiger partial charge in [-0.05, 0) is 54.4 Å². The molecule has 178 valence electrons. The van der Waals surface area contributed by atoms with Gasteiger partial charge in [-0.2, -0.15) is 0 Å². The lowest BCUT2D eigenvalue weighted by molar-refractivity contribution is -0.121. The number of para-hydroxylation sites is 1. The van der Waals surface area contributed by atoms with Crippen molar-refractivity contribution in [3.8, 4) is 16.9 Å². The van der Waals surface area contributed by atoms with Crippen molar-refractivity contribution in [1.29, 1.82) is 0 Å². The first-order valence-corrected chi connectivity index (χ1v) is 12.7. The highest BCUT2D eigenvalue weighted by Crippen LogP contribution is 2.36. The Morgan fingerprint density at radius 1 is 1.12 bits per heavy atom. The molecule has 1 amide bonds. The second-order valence-corrected chi connectivity index (χ2v) is 9.77. The number of amides is 1. The molecule has 0 aliphatic rings. The van der Waals surface area contributed by atoms with Gasteiger partial charge in [0.2, 0.25) is 0 Å². The van der Waals surface area contributed by atoms with Gasteiger partial charge in [-0.15, -0.1) is 11.3 Å². The van der Waals surface area contributed by atoms with Crippen molar-refractivity contribution in [3.63, 3.8) is 0 Å². The van der Waals surface area contributed by atoms with E-state index in [1.807, 2.05) is 53.9 Å². The Balaban J connectivity index is 1.70. The third-order valence-corrected chi connectivity index (χ3v) is 6.43. The Labute approximate surface area is 216 Å². The van der Waals surface area contributed by atoms with Crippen LogP contribution in [-0.2, 0) is 9.53 Å². The fourth-order valence-electron chi connectivity index (χ4n) is 3.23. The first-order valence-electron chi connectivity index (χ1n) is 10.7. The number of carbonyl (C=O) groups excluding carboxylic acids is 2. The van der Waals surface area contributed by atoms with Crippen LogP contribution in [0.15, 0.2) is 58.4 Å². The topological polar surface area (TPSA) is 76.7 Å². The van der Waals surface area contributed by atoms with Crippen molar-refractivity contribution in [2.45, 2.75) is 26.7 Å². The number of hydrogen-bond acceptors (Lipinski definition) is 6. The lowest BCUT2D eigenvalue weighted by Gasteiger charge is -2.14. The minimum Gasteiger partial charge on any atom is -0.483 e. The normalized spacial score (nSPS) is 10.6. The van der Waals surface area contributed by atoms with Crippen molar-refractivity contribution < 1.29 is 19.1 Å². The number of anilines is 1. The van der Waals surface area contributed by atoms with E-state index >= 15 is 0 Å². The van der Waals surface area contributed by atoms with Crippen LogP contribution >= 0.6 is 39.5 Å². The molecule has 3 rings (SSSR count). The zero-order chi connectivity index (χ0) is 24.7. The largest absolute Gasteiger partial charge is 0.483 e. The lowest BCUT2D eigenvalue weighted by atomic mass is 10.0. The molecule has 34 heavy (non-hydrogen) atoms. The molecule has 0 saturated carbocycles. The quantitative estimate of drug-likeness (QED) is 0.246. The van der Waals surface area contributed by atoms with Crippen LogP contribution in [0.3, 0.4) is 0 Å². The predicted octanol–water partition coefficient (Wildman–Crippen LogP) is 6.37. The molecular formula is C25H25BrN2O4S2. The third kappa shape index (κ3) is 6.65. The molecule has 0 atom stereocenters. The van der Waals surface area contributed by atoms with Gasteiger partial charge in [0.05, 0.1) is 6.61 Å². The molecule has 9 heteroatoms. The number of hydrogen-bond donors (Lipinski definition) is 2. The van der Waals surface area contributed by atoms with E-state index in [1.54, 1.807) is 6.92 Å². The average Bonchev–Trinajstić information content (AvgIpc) is 3.21. The Hall–Kier alpha value is -2.75. The summed E-state index contributed by atoms with van der Waals surface area (Å²) in [5, 5.41) is 7.99. The summed E-state index contributed by atoms with van der Waals surface area (Å²) in [7, 11) is 0. The fourth-order valence-corrected chi connectivity index (χ4v) is 4.73. The summed E-state index contributed by atoms with van der Waals surface area (Å²) < 4.78 is 11.9. The van der Waals surface area contributed by atoms with Crippen LogP contribution in [0.25, 0.3) is 11.1 Å². The van der Waals surface area contributed by atoms with Crippen molar-refractivity contribution in [1.82, 2.24) is 5.32 Å². The maximum atomic E-state index is 12.7. The minimum atomic E-state index is -0.466. The molecule has 1 heterocycles. The summed E-state index contributed by atoms with van der Waals surface area (Å²) in [6.45, 7) is 5.92. The van der Waals surface area contributed by atoms with E-state index in [4.69, 9.17) is 21.7 Å². The summed E-state index contributed by atoms with van der Waals surface area (Å²) in [5.41, 5.74) is 2.98. The number of ether oxygens (including phenoxy) is 2. The number of benzene rings is 2. The number of nitrogens with one attached hydrogen (secondary N) is 2. The van der Waals surface area contributed by atoms with Gasteiger partial charge in [0.15, 0.2) is 11.7 Å². The predicted molar refractivity (Wildman–Crippen MR) is 144 cm³/mol. The van der Waals surface area contributed by atoms with Crippen LogP contribution in [0, 0.1) is 0 Å². The van der Waals surface area contributed by atoms with Gasteiger partial charge >= 0.3 is 5.97 Å². The molecule has 0 spiro atoms. The van der Waals surface area contributed by atoms with Gasteiger partial charge in [0, 0.05) is 15.4 Å². The molecule has 0 unspecified atom stereocenters. The van der Waals surface area contributed by atoms with Crippen molar-refractivity contribution in [2.24, 2.45) is 0 Å². The lowest BCUT2D eigenvalue weighted by Crippen LogP contribution is -2.37. The molecule has 2 aromatic carbocycles. The van der Waals surface area contributed by atoms with E-state index < -0.39 is 11.9 Å². The molecular weight excluding hydrogens is 536 g/mol. The van der Waals surface area contributed by atoms with Crippen LogP contribution in [0.1, 0.15) is 42.6 Å². The number of esters is 1. The molecule has 0 aliphatic carbocycles. The smallest absolute Gasteiger partial charge is 0.341 e. The summed E-state index contributed by atoms with van der Waals surface area (Å²) in [4.78, 5) is 25.1. The van der Waals surface area contributed by atoms with E-state index in [1.165, 1.54) is 11.3 Å². The van der Waals surface area contributed by atoms with E-state index in [0.29, 0.717) is 16.3 Å². The van der Waals surface area contributed by atoms with E-state index in [0.717, 1.165) is 21.2 Å². The van der Waals surface area contributed by atoms with Crippen LogP contribution < -0.4 is 15.4 Å². The molecule has 0 saturated heterocycles. The molecule has 1 aromatic heterocycles. The van der Waals surface area contributed by atoms with E-state index in [2.05, 4.69) is 40.4 Å². The Morgan fingerprint density at radius 2 is 1.82 bits per heavy atom. The molecule has 3 aromatic rings. The van der Waals surface area contributed by atoms with Gasteiger partial charge < -0.3 is 14.8 Å². The second kappa shape index (κ2) is 12.1. The molecule has 0 aliphatic heterocycles. The van der Waals surface area contributed by atoms with Gasteiger partial charge in [-0.3, -0.25) is 10.1 Å². The van der Waals surface area contributed by atoms with Crippen molar-refractivity contribution in [2.75, 3.05) is 18.5 Å². The van der Waals surface area contributed by atoms with Crippen LogP contribution in [-0.4, -0.2) is 30.2 Å². The summed E-state index contributed by atoms with van der Waals surface area (Å²) >= 11 is 10.0. The van der Waals surface area contributed by atoms with Gasteiger partial charge in [0.25, 0.3) is 5.91 Å². The van der Waals surface area contributed by atoms with Gasteiger partial charge in [0.1, 0.15) is 16.3 Å². The van der Waals surface area contributed by atoms with Crippen LogP contribution in [0.2, 0.25) is 0 Å². The zero-order valence-corrected chi connectivity index (χ0v) is 22.2. The fraction of sp³-hybridized carbons (Fsp3) is 0.240. The van der Waals surface area contributed by atoms with E-state index in [9.17, 15) is 9.59 Å². The number of carbonyl (C=O) groups is 2. The Kier molecular flexibility index (Phi) is 9.20. The monoisotopic (exact) mass is 560 g/mol. The SMILES string of the molecule is CCOC(=O)c1c(-c2ccc(Br)cc2)csc1NC(=S)NC(=O)COc1ccccc1C(C)C.